The van der Waals surface area contributed by atoms with Gasteiger partial charge in [0.25, 0.3) is 0 Å². The van der Waals surface area contributed by atoms with Crippen molar-refractivity contribution in [2.45, 2.75) is 58.5 Å². The minimum Gasteiger partial charge on any atom is -0.508 e. The van der Waals surface area contributed by atoms with Crippen molar-refractivity contribution in [3.8, 4) is 17.0 Å². The Labute approximate surface area is 161 Å². The van der Waals surface area contributed by atoms with E-state index in [1.807, 2.05) is 12.1 Å². The number of rotatable bonds is 11. The second kappa shape index (κ2) is 11.4. The molecule has 1 heterocycles. The molecule has 1 aromatic carbocycles. The first-order valence-corrected chi connectivity index (χ1v) is 9.71. The van der Waals surface area contributed by atoms with Gasteiger partial charge in [-0.3, -0.25) is 0 Å². The minimum atomic E-state index is -0.515. The topological polar surface area (TPSA) is 55.2 Å². The van der Waals surface area contributed by atoms with E-state index in [1.54, 1.807) is 6.07 Å². The molecular weight excluding hydrogens is 343 g/mol. The number of allylic oxidation sites excluding steroid dienone is 1. The third-order valence-corrected chi connectivity index (χ3v) is 4.33. The third-order valence-electron chi connectivity index (χ3n) is 4.33. The predicted octanol–water partition coefficient (Wildman–Crippen LogP) is 5.77. The second-order valence-electron chi connectivity index (χ2n) is 6.73. The Hall–Kier alpha value is -2.27. The molecule has 0 bridgehead atoms. The molecule has 2 aromatic rings. The zero-order valence-corrected chi connectivity index (χ0v) is 16.2. The van der Waals surface area contributed by atoms with E-state index < -0.39 is 5.82 Å². The van der Waals surface area contributed by atoms with Crippen LogP contribution in [0.15, 0.2) is 36.4 Å². The lowest BCUT2D eigenvalue weighted by molar-refractivity contribution is 0.0566. The number of aromatic nitrogens is 2. The molecule has 0 saturated carbocycles. The first-order valence-electron chi connectivity index (χ1n) is 9.71. The summed E-state index contributed by atoms with van der Waals surface area (Å²) in [5.41, 5.74) is 1.50. The highest BCUT2D eigenvalue weighted by molar-refractivity contribution is 5.61. The summed E-state index contributed by atoms with van der Waals surface area (Å²) in [6.45, 7) is 5.18. The maximum atomic E-state index is 13.9. The van der Waals surface area contributed by atoms with Gasteiger partial charge >= 0.3 is 0 Å². The Morgan fingerprint density at radius 3 is 2.70 bits per heavy atom. The quantitative estimate of drug-likeness (QED) is 0.509. The molecule has 0 spiro atoms. The van der Waals surface area contributed by atoms with Gasteiger partial charge < -0.3 is 9.84 Å². The van der Waals surface area contributed by atoms with Gasteiger partial charge in [0.1, 0.15) is 11.6 Å². The molecule has 1 aromatic heterocycles. The summed E-state index contributed by atoms with van der Waals surface area (Å²) < 4.78 is 19.6. The number of hydrogen-bond donors (Lipinski definition) is 1. The van der Waals surface area contributed by atoms with Crippen LogP contribution in [0.5, 0.6) is 5.75 Å². The molecule has 1 unspecified atom stereocenters. The van der Waals surface area contributed by atoms with Crippen molar-refractivity contribution >= 4 is 6.08 Å². The predicted molar refractivity (Wildman–Crippen MR) is 107 cm³/mol. The van der Waals surface area contributed by atoms with Gasteiger partial charge in [-0.2, -0.15) is 5.10 Å². The van der Waals surface area contributed by atoms with Crippen molar-refractivity contribution in [1.82, 2.24) is 10.2 Å². The molecule has 0 aliphatic carbocycles. The van der Waals surface area contributed by atoms with E-state index in [2.05, 4.69) is 30.1 Å². The lowest BCUT2D eigenvalue weighted by Crippen LogP contribution is -2.08. The van der Waals surface area contributed by atoms with Gasteiger partial charge in [0, 0.05) is 18.2 Å². The highest BCUT2D eigenvalue weighted by Crippen LogP contribution is 2.23. The average molecular weight is 372 g/mol. The minimum absolute atomic E-state index is 0.107. The van der Waals surface area contributed by atoms with E-state index in [-0.39, 0.29) is 5.75 Å². The number of phenolic OH excluding ortho intramolecular Hbond substituents is 1. The summed E-state index contributed by atoms with van der Waals surface area (Å²) >= 11 is 0. The Morgan fingerprint density at radius 2 is 2.00 bits per heavy atom. The fourth-order valence-electron chi connectivity index (χ4n) is 2.73. The van der Waals surface area contributed by atoms with Crippen molar-refractivity contribution in [3.63, 3.8) is 0 Å². The number of aromatic hydroxyl groups is 1. The van der Waals surface area contributed by atoms with Gasteiger partial charge in [-0.05, 0) is 62.9 Å². The van der Waals surface area contributed by atoms with Crippen LogP contribution < -0.4 is 0 Å². The Bertz CT molecular complexity index is 717. The molecule has 0 radical (unpaired) electrons. The number of halogens is 1. The second-order valence-corrected chi connectivity index (χ2v) is 6.73. The summed E-state index contributed by atoms with van der Waals surface area (Å²) in [6.07, 6.45) is 11.0. The number of benzene rings is 1. The van der Waals surface area contributed by atoms with Crippen LogP contribution in [0, 0.1) is 5.82 Å². The lowest BCUT2D eigenvalue weighted by atomic mass is 10.1. The van der Waals surface area contributed by atoms with Crippen molar-refractivity contribution < 1.29 is 14.2 Å². The molecule has 4 nitrogen and oxygen atoms in total. The number of phenols is 1. The number of unbranched alkanes of at least 4 members (excludes halogenated alkanes) is 3. The van der Waals surface area contributed by atoms with E-state index >= 15 is 0 Å². The first kappa shape index (κ1) is 21.0. The number of ether oxygens (including phenoxy) is 1. The Balaban J connectivity index is 1.74. The molecule has 1 N–H and O–H groups in total. The van der Waals surface area contributed by atoms with Gasteiger partial charge in [0.05, 0.1) is 17.5 Å². The van der Waals surface area contributed by atoms with Crippen LogP contribution in [0.2, 0.25) is 0 Å². The zero-order chi connectivity index (χ0) is 19.5. The molecule has 0 amide bonds. The Morgan fingerprint density at radius 1 is 1.15 bits per heavy atom. The fraction of sp³-hybridized carbons (Fsp3) is 0.455. The normalized spacial score (nSPS) is 12.6. The summed E-state index contributed by atoms with van der Waals surface area (Å²) in [5, 5.41) is 17.5. The molecule has 0 fully saturated rings. The Kier molecular flexibility index (Phi) is 8.92. The fourth-order valence-corrected chi connectivity index (χ4v) is 2.73. The van der Waals surface area contributed by atoms with E-state index in [0.717, 1.165) is 44.1 Å². The van der Waals surface area contributed by atoms with E-state index in [0.29, 0.717) is 17.4 Å². The van der Waals surface area contributed by atoms with Gasteiger partial charge in [0.2, 0.25) is 0 Å². The third kappa shape index (κ3) is 7.47. The maximum absolute atomic E-state index is 13.9. The molecule has 0 aliphatic heterocycles. The standard InChI is InChI=1S/C22H29FN2O2/c1-3-4-8-15-27-17(2)9-6-5-7-10-18-11-14-22(25-24-18)20-13-12-19(26)16-21(20)23/h7,10-14,16-17,26H,3-6,8-9,15H2,1-2H3. The molecule has 1 atom stereocenters. The first-order chi connectivity index (χ1) is 13.1. The van der Waals surface area contributed by atoms with Gasteiger partial charge in [-0.15, -0.1) is 5.10 Å². The van der Waals surface area contributed by atoms with Gasteiger partial charge in [-0.1, -0.05) is 25.8 Å². The molecule has 0 aliphatic rings. The lowest BCUT2D eigenvalue weighted by Gasteiger charge is -2.11. The highest BCUT2D eigenvalue weighted by atomic mass is 19.1. The smallest absolute Gasteiger partial charge is 0.136 e. The van der Waals surface area contributed by atoms with Gasteiger partial charge in [0.15, 0.2) is 0 Å². The maximum Gasteiger partial charge on any atom is 0.136 e. The van der Waals surface area contributed by atoms with E-state index in [9.17, 15) is 9.50 Å². The molecule has 0 saturated heterocycles. The monoisotopic (exact) mass is 372 g/mol. The highest BCUT2D eigenvalue weighted by Gasteiger charge is 2.07. The van der Waals surface area contributed by atoms with Crippen molar-refractivity contribution in [3.05, 3.63) is 47.9 Å². The van der Waals surface area contributed by atoms with Crippen LogP contribution in [0.1, 0.15) is 58.1 Å². The van der Waals surface area contributed by atoms with Crippen molar-refractivity contribution in [2.75, 3.05) is 6.61 Å². The van der Waals surface area contributed by atoms with Gasteiger partial charge in [-0.25, -0.2) is 4.39 Å². The average Bonchev–Trinajstić information content (AvgIpc) is 2.66. The van der Waals surface area contributed by atoms with Crippen molar-refractivity contribution in [1.29, 1.82) is 0 Å². The SMILES string of the molecule is CCCCCOC(C)CCCC=Cc1ccc(-c2ccc(O)cc2F)nn1. The van der Waals surface area contributed by atoms with Crippen LogP contribution in [0.4, 0.5) is 4.39 Å². The number of nitrogens with zero attached hydrogens (tertiary/aromatic N) is 2. The number of hydrogen-bond acceptors (Lipinski definition) is 4. The van der Waals surface area contributed by atoms with Crippen molar-refractivity contribution in [2.24, 2.45) is 0 Å². The van der Waals surface area contributed by atoms with Crippen LogP contribution in [0.25, 0.3) is 17.3 Å². The zero-order valence-electron chi connectivity index (χ0n) is 16.2. The molecule has 27 heavy (non-hydrogen) atoms. The summed E-state index contributed by atoms with van der Waals surface area (Å²) in [6, 6.07) is 7.54. The molecule has 5 heteroatoms. The molecule has 146 valence electrons. The summed E-state index contributed by atoms with van der Waals surface area (Å²) in [7, 11) is 0. The van der Waals surface area contributed by atoms with Crippen LogP contribution in [-0.4, -0.2) is 28.0 Å². The largest absolute Gasteiger partial charge is 0.508 e. The van der Waals surface area contributed by atoms with Crippen LogP contribution in [0.3, 0.4) is 0 Å². The van der Waals surface area contributed by atoms with Crippen LogP contribution >= 0.6 is 0 Å². The van der Waals surface area contributed by atoms with E-state index in [4.69, 9.17) is 4.74 Å². The molecule has 2 rings (SSSR count). The summed E-state index contributed by atoms with van der Waals surface area (Å²) in [5.74, 6) is -0.622. The molecular formula is C22H29FN2O2. The van der Waals surface area contributed by atoms with E-state index in [1.165, 1.54) is 25.0 Å². The van der Waals surface area contributed by atoms with Crippen LogP contribution in [-0.2, 0) is 4.74 Å². The summed E-state index contributed by atoms with van der Waals surface area (Å²) in [4.78, 5) is 0.